The first-order chi connectivity index (χ1) is 36.9. The number of nitrogens with zero attached hydrogens (tertiary/aromatic N) is 2. The van der Waals surface area contributed by atoms with E-state index < -0.39 is 31.0 Å². The van der Waals surface area contributed by atoms with Gasteiger partial charge in [-0.25, -0.2) is 0 Å². The molecule has 350 valence electrons. The van der Waals surface area contributed by atoms with E-state index >= 15 is 0 Å². The summed E-state index contributed by atoms with van der Waals surface area (Å²) >= 11 is -2.87. The zero-order valence-electron chi connectivity index (χ0n) is 41.5. The number of anilines is 6. The summed E-state index contributed by atoms with van der Waals surface area (Å²) in [6, 6.07) is 84.2. The summed E-state index contributed by atoms with van der Waals surface area (Å²) in [6.45, 7) is 6.78. The van der Waals surface area contributed by atoms with Crippen molar-refractivity contribution in [3.05, 3.63) is 280 Å². The Labute approximate surface area is 443 Å². The van der Waals surface area contributed by atoms with Crippen molar-refractivity contribution in [3.63, 3.8) is 0 Å². The van der Waals surface area contributed by atoms with E-state index in [2.05, 4.69) is 249 Å². The van der Waals surface area contributed by atoms with E-state index in [4.69, 9.17) is 4.74 Å². The van der Waals surface area contributed by atoms with Gasteiger partial charge in [-0.15, -0.1) is 0 Å². The fraction of sp³-hybridized carbons (Fsp3) is 0.0704. The van der Waals surface area contributed by atoms with Crippen molar-refractivity contribution in [1.82, 2.24) is 0 Å². The van der Waals surface area contributed by atoms with Gasteiger partial charge in [0.25, 0.3) is 0 Å². The number of ether oxygens (including phenoxy) is 1. The van der Waals surface area contributed by atoms with Crippen molar-refractivity contribution in [1.29, 1.82) is 0 Å². The molecule has 75 heavy (non-hydrogen) atoms. The maximum absolute atomic E-state index is 7.34. The van der Waals surface area contributed by atoms with Crippen LogP contribution in [0.3, 0.4) is 0 Å². The molecule has 0 fully saturated rings. The van der Waals surface area contributed by atoms with Gasteiger partial charge in [0, 0.05) is 0 Å². The second-order valence-electron chi connectivity index (χ2n) is 21.8. The summed E-state index contributed by atoms with van der Waals surface area (Å²) in [6.07, 6.45) is 0. The van der Waals surface area contributed by atoms with Crippen molar-refractivity contribution in [2.24, 2.45) is 0 Å². The molecule has 11 aromatic carbocycles. The molecule has 0 aromatic heterocycles. The topological polar surface area (TPSA) is 15.7 Å². The number of hydrogen-bond donors (Lipinski definition) is 0. The number of benzene rings is 11. The second kappa shape index (κ2) is 14.1. The third-order valence-electron chi connectivity index (χ3n) is 17.9. The number of rotatable bonds is 2. The predicted molar refractivity (Wildman–Crippen MR) is 307 cm³/mol. The molecule has 18 rings (SSSR count). The van der Waals surface area contributed by atoms with Crippen LogP contribution >= 0.6 is 0 Å². The van der Waals surface area contributed by atoms with Gasteiger partial charge in [-0.2, -0.15) is 0 Å². The van der Waals surface area contributed by atoms with Gasteiger partial charge in [0.05, 0.1) is 0 Å². The molecular formula is C71H45N2OSb. The first kappa shape index (κ1) is 41.0. The average Bonchev–Trinajstić information content (AvgIpc) is 4.14. The molecule has 0 N–H and O–H groups in total. The third-order valence-corrected chi connectivity index (χ3v) is 25.6. The van der Waals surface area contributed by atoms with Gasteiger partial charge in [0.15, 0.2) is 0 Å². The zero-order valence-corrected chi connectivity index (χ0v) is 44.1. The van der Waals surface area contributed by atoms with Crippen LogP contribution in [0.15, 0.2) is 218 Å². The molecule has 0 unspecified atom stereocenters. The van der Waals surface area contributed by atoms with E-state index in [-0.39, 0.29) is 0 Å². The van der Waals surface area contributed by atoms with E-state index in [1.165, 1.54) is 150 Å². The fourth-order valence-electron chi connectivity index (χ4n) is 15.4. The molecule has 3 nitrogen and oxygen atoms in total. The third kappa shape index (κ3) is 4.79. The Morgan fingerprint density at radius 2 is 0.573 bits per heavy atom. The molecular weight excluding hydrogens is 1020 g/mol. The van der Waals surface area contributed by atoms with Gasteiger partial charge in [0.1, 0.15) is 0 Å². The van der Waals surface area contributed by atoms with Crippen LogP contribution in [0.5, 0.6) is 11.5 Å². The van der Waals surface area contributed by atoms with Gasteiger partial charge >= 0.3 is 447 Å². The van der Waals surface area contributed by atoms with Gasteiger partial charge in [-0.05, 0) is 0 Å². The number of hydrogen-bond acceptors (Lipinski definition) is 3. The van der Waals surface area contributed by atoms with Gasteiger partial charge < -0.3 is 0 Å². The SMILES string of the molecule is Cc1cc2[c]3c(c1)N(c1ccc4c(c1)C1(c5ccccc5-c5ccccc51)c1ccccc1-4)c1cc(C)cc4[c]1[Sb]3[c]1c(cc(C)cc1N4c1ccc3c(c1)C1(c4ccccc4-c4ccccc41)c1ccccc1-3)O2. The Kier molecular flexibility index (Phi) is 7.70. The molecule has 4 aliphatic carbocycles. The summed E-state index contributed by atoms with van der Waals surface area (Å²) in [7, 11) is 0. The molecule has 0 atom stereocenters. The predicted octanol–water partition coefficient (Wildman–Crippen LogP) is 15.5. The summed E-state index contributed by atoms with van der Waals surface area (Å²) in [5, 5.41) is 0. The molecule has 7 aliphatic rings. The molecule has 0 bridgehead atoms. The molecule has 0 radical (unpaired) electrons. The summed E-state index contributed by atoms with van der Waals surface area (Å²) in [5.41, 5.74) is 31.5. The minimum absolute atomic E-state index is 0.459. The van der Waals surface area contributed by atoms with Crippen LogP contribution in [0.1, 0.15) is 61.2 Å². The van der Waals surface area contributed by atoms with Crippen molar-refractivity contribution < 1.29 is 4.74 Å². The molecule has 3 aliphatic heterocycles. The van der Waals surface area contributed by atoms with E-state index in [1.807, 2.05) is 0 Å². The Balaban J connectivity index is 0.904. The van der Waals surface area contributed by atoms with Crippen LogP contribution in [-0.4, -0.2) is 20.2 Å². The molecule has 11 aromatic rings. The van der Waals surface area contributed by atoms with E-state index in [1.54, 1.807) is 0 Å². The van der Waals surface area contributed by atoms with Crippen LogP contribution in [0.4, 0.5) is 34.1 Å². The van der Waals surface area contributed by atoms with E-state index in [0.29, 0.717) is 0 Å². The van der Waals surface area contributed by atoms with Gasteiger partial charge in [-0.3, -0.25) is 0 Å². The molecule has 0 saturated heterocycles. The summed E-state index contributed by atoms with van der Waals surface area (Å²) < 4.78 is 11.7. The normalized spacial score (nSPS) is 15.6. The Hall–Kier alpha value is -8.36. The standard InChI is InChI=1S/C71H45N2O.Sb/c1-43-32-48-38-49(33-43)73(47-29-31-61-59-21-9-15-27-67(59)71(69(61)42-47)64-24-12-6-18-56(64)57-19-7-13-25-65(57)71)51-35-45(3)37-53(40-51)74-52-36-44(2)34-50(39-52)72(48)46-28-30-60-58-20-8-14-26-66(58)70(68(60)41-46)62-22-10-4-16-54(62)55-17-5-11-23-63(55)70;/h4-37,41-42H,1-3H3;. The summed E-state index contributed by atoms with van der Waals surface area (Å²) in [4.78, 5) is 5.27. The van der Waals surface area contributed by atoms with Crippen LogP contribution in [0.2, 0.25) is 0 Å². The van der Waals surface area contributed by atoms with E-state index in [9.17, 15) is 0 Å². The molecule has 0 saturated carbocycles. The van der Waals surface area contributed by atoms with Crippen LogP contribution in [0, 0.1) is 20.8 Å². The maximum atomic E-state index is 7.34. The van der Waals surface area contributed by atoms with Crippen LogP contribution < -0.4 is 25.1 Å². The van der Waals surface area contributed by atoms with Crippen molar-refractivity contribution in [2.75, 3.05) is 9.80 Å². The van der Waals surface area contributed by atoms with Crippen LogP contribution in [-0.2, 0) is 10.8 Å². The van der Waals surface area contributed by atoms with Gasteiger partial charge in [-0.1, -0.05) is 0 Å². The zero-order chi connectivity index (χ0) is 49.2. The Bertz CT molecular complexity index is 4080. The quantitative estimate of drug-likeness (QED) is 0.161. The average molecular weight is 1060 g/mol. The van der Waals surface area contributed by atoms with Crippen LogP contribution in [0.25, 0.3) is 44.5 Å². The Morgan fingerprint density at radius 3 is 0.907 bits per heavy atom. The van der Waals surface area contributed by atoms with Crippen molar-refractivity contribution in [2.45, 2.75) is 31.6 Å². The number of aryl methyl sites for hydroxylation is 3. The molecule has 4 heteroatoms. The first-order valence-corrected chi connectivity index (χ1v) is 30.2. The molecule has 2 spiro atoms. The monoisotopic (exact) mass is 1060 g/mol. The van der Waals surface area contributed by atoms with Crippen molar-refractivity contribution >= 4 is 64.9 Å². The number of fused-ring (bicyclic) bond motifs is 20. The Morgan fingerprint density at radius 1 is 0.293 bits per heavy atom. The minimum atomic E-state index is -2.87. The molecule has 3 heterocycles. The van der Waals surface area contributed by atoms with Gasteiger partial charge in [0.2, 0.25) is 0 Å². The first-order valence-electron chi connectivity index (χ1n) is 26.3. The van der Waals surface area contributed by atoms with E-state index in [0.717, 1.165) is 11.5 Å². The fourth-order valence-corrected chi connectivity index (χ4v) is 23.7. The summed E-state index contributed by atoms with van der Waals surface area (Å²) in [5.74, 6) is 2.04. The van der Waals surface area contributed by atoms with Crippen molar-refractivity contribution in [3.8, 4) is 56.0 Å². The second-order valence-corrected chi connectivity index (χ2v) is 27.5. The molecule has 0 amide bonds.